The first-order valence-electron chi connectivity index (χ1n) is 11.8. The van der Waals surface area contributed by atoms with Crippen molar-refractivity contribution in [1.29, 1.82) is 10.5 Å². The van der Waals surface area contributed by atoms with Crippen LogP contribution in [-0.4, -0.2) is 4.98 Å². The van der Waals surface area contributed by atoms with Crippen molar-refractivity contribution in [3.8, 4) is 12.1 Å². The third-order valence-electron chi connectivity index (χ3n) is 6.16. The Labute approximate surface area is 221 Å². The molecule has 0 fully saturated rings. The van der Waals surface area contributed by atoms with Gasteiger partial charge in [0.25, 0.3) is 0 Å². The van der Waals surface area contributed by atoms with Crippen LogP contribution < -0.4 is 22.1 Å². The molecule has 0 saturated carbocycles. The molecule has 8 heteroatoms. The van der Waals surface area contributed by atoms with E-state index in [1.54, 1.807) is 24.3 Å². The quantitative estimate of drug-likeness (QED) is 0.226. The molecule has 4 rings (SSSR count). The summed E-state index contributed by atoms with van der Waals surface area (Å²) in [5.41, 5.74) is 17.1. The maximum Gasteiger partial charge on any atom is 0.103 e. The molecule has 1 heterocycles. The fourth-order valence-electron chi connectivity index (χ4n) is 4.27. The number of aromatic nitrogens is 1. The van der Waals surface area contributed by atoms with Crippen LogP contribution in [0.15, 0.2) is 84.8 Å². The number of rotatable bonds is 8. The highest BCUT2D eigenvalue weighted by Crippen LogP contribution is 2.37. The highest BCUT2D eigenvalue weighted by molar-refractivity contribution is 6.35. The van der Waals surface area contributed by atoms with Crippen LogP contribution in [0.25, 0.3) is 10.9 Å². The van der Waals surface area contributed by atoms with Gasteiger partial charge in [-0.15, -0.1) is 0 Å². The fourth-order valence-corrected chi connectivity index (χ4v) is 4.54. The molecule has 0 spiro atoms. The van der Waals surface area contributed by atoms with Gasteiger partial charge >= 0.3 is 0 Å². The molecule has 0 aliphatic heterocycles. The minimum Gasteiger partial charge on any atom is -0.403 e. The van der Waals surface area contributed by atoms with E-state index in [1.165, 1.54) is 12.4 Å². The van der Waals surface area contributed by atoms with E-state index in [0.29, 0.717) is 44.1 Å². The van der Waals surface area contributed by atoms with Gasteiger partial charge in [0.05, 0.1) is 51.2 Å². The summed E-state index contributed by atoms with van der Waals surface area (Å²) in [7, 11) is 0. The molecule has 2 unspecified atom stereocenters. The van der Waals surface area contributed by atoms with Crippen molar-refractivity contribution in [2.75, 3.05) is 10.6 Å². The average Bonchev–Trinajstić information content (AvgIpc) is 2.94. The van der Waals surface area contributed by atoms with Gasteiger partial charge in [-0.25, -0.2) is 0 Å². The Morgan fingerprint density at radius 3 is 2.46 bits per heavy atom. The number of halogens is 1. The molecule has 4 aromatic rings. The summed E-state index contributed by atoms with van der Waals surface area (Å²) in [5.74, 6) is 0. The van der Waals surface area contributed by atoms with Crippen LogP contribution in [0.2, 0.25) is 5.02 Å². The predicted molar refractivity (Wildman–Crippen MR) is 149 cm³/mol. The first-order chi connectivity index (χ1) is 18.0. The number of nitrogens with one attached hydrogen (secondary N) is 2. The average molecular weight is 508 g/mol. The molecule has 0 saturated heterocycles. The lowest BCUT2D eigenvalue weighted by Gasteiger charge is -2.23. The van der Waals surface area contributed by atoms with E-state index in [0.717, 1.165) is 17.5 Å². The topological polar surface area (TPSA) is 137 Å². The molecule has 37 heavy (non-hydrogen) atoms. The summed E-state index contributed by atoms with van der Waals surface area (Å²) in [4.78, 5) is 4.46. The number of anilines is 2. The fraction of sp³-hybridized carbons (Fsp3) is 0.138. The van der Waals surface area contributed by atoms with Crippen molar-refractivity contribution in [3.05, 3.63) is 112 Å². The van der Waals surface area contributed by atoms with Crippen LogP contribution >= 0.6 is 11.6 Å². The zero-order chi connectivity index (χ0) is 26.4. The molecule has 0 bridgehead atoms. The number of hydrogen-bond acceptors (Lipinski definition) is 7. The molecule has 0 aliphatic carbocycles. The van der Waals surface area contributed by atoms with Gasteiger partial charge in [0.15, 0.2) is 0 Å². The molecule has 0 radical (unpaired) electrons. The number of fused-ring (bicyclic) bond motifs is 1. The number of nitrogens with two attached hydrogens (primary N) is 2. The van der Waals surface area contributed by atoms with E-state index >= 15 is 0 Å². The van der Waals surface area contributed by atoms with Crippen LogP contribution in [0.1, 0.15) is 47.7 Å². The molecule has 1 aromatic heterocycles. The first kappa shape index (κ1) is 25.4. The summed E-state index contributed by atoms with van der Waals surface area (Å²) in [6.07, 6.45) is 3.67. The Hall–Kier alpha value is -4.72. The number of pyridine rings is 1. The monoisotopic (exact) mass is 507 g/mol. The van der Waals surface area contributed by atoms with Crippen LogP contribution in [0.3, 0.4) is 0 Å². The summed E-state index contributed by atoms with van der Waals surface area (Å²) < 4.78 is 0. The van der Waals surface area contributed by atoms with Crippen LogP contribution in [0.5, 0.6) is 0 Å². The summed E-state index contributed by atoms with van der Waals surface area (Å²) in [6, 6.07) is 24.7. The van der Waals surface area contributed by atoms with Crippen molar-refractivity contribution in [2.24, 2.45) is 11.5 Å². The maximum absolute atomic E-state index is 9.88. The molecule has 0 aliphatic rings. The number of benzene rings is 3. The molecule has 0 amide bonds. The first-order valence-corrected chi connectivity index (χ1v) is 12.1. The van der Waals surface area contributed by atoms with Crippen molar-refractivity contribution in [2.45, 2.75) is 25.4 Å². The summed E-state index contributed by atoms with van der Waals surface area (Å²) in [6.45, 7) is 2.09. The van der Waals surface area contributed by atoms with Gasteiger partial charge in [-0.1, -0.05) is 61.0 Å². The van der Waals surface area contributed by atoms with Crippen molar-refractivity contribution in [3.63, 3.8) is 0 Å². The van der Waals surface area contributed by atoms with Crippen LogP contribution in [0.4, 0.5) is 11.4 Å². The molecule has 2 atom stereocenters. The second-order valence-electron chi connectivity index (χ2n) is 8.51. The zero-order valence-corrected chi connectivity index (χ0v) is 21.0. The van der Waals surface area contributed by atoms with Crippen molar-refractivity contribution < 1.29 is 0 Å². The zero-order valence-electron chi connectivity index (χ0n) is 20.2. The van der Waals surface area contributed by atoms with Gasteiger partial charge in [0, 0.05) is 23.5 Å². The lowest BCUT2D eigenvalue weighted by atomic mass is 10.0. The second-order valence-corrected chi connectivity index (χ2v) is 8.92. The van der Waals surface area contributed by atoms with Gasteiger partial charge in [-0.2, -0.15) is 10.5 Å². The van der Waals surface area contributed by atoms with Crippen molar-refractivity contribution in [1.82, 2.24) is 4.98 Å². The van der Waals surface area contributed by atoms with E-state index in [2.05, 4.69) is 46.8 Å². The van der Waals surface area contributed by atoms with E-state index < -0.39 is 6.04 Å². The standard InChI is InChI=1S/C29H26ClN7/c1-2-26(19-8-4-3-5-9-19)37-27-21(15-32)17-35-29-23(27)12-22(13-24(29)30)36-28(25(34)16-33)20-10-6-7-18(11-20)14-31/h3-13,16-17,26,28,36H,2,33-34H2,1H3,(H,35,37)/b25-16-. The lowest BCUT2D eigenvalue weighted by molar-refractivity contribution is 0.750. The summed E-state index contributed by atoms with van der Waals surface area (Å²) >= 11 is 6.68. The summed E-state index contributed by atoms with van der Waals surface area (Å²) in [5, 5.41) is 27.3. The SMILES string of the molecule is CCC(Nc1c(C#N)cnc2c(Cl)cc(NC(/C(N)=C/N)c3cccc(C#N)c3)cc12)c1ccccc1. The second kappa shape index (κ2) is 11.3. The molecular formula is C29H26ClN7. The van der Waals surface area contributed by atoms with Gasteiger partial charge < -0.3 is 22.1 Å². The van der Waals surface area contributed by atoms with Gasteiger partial charge in [0.2, 0.25) is 0 Å². The lowest BCUT2D eigenvalue weighted by Crippen LogP contribution is -2.20. The Bertz CT molecular complexity index is 1530. The largest absolute Gasteiger partial charge is 0.403 e. The van der Waals surface area contributed by atoms with Gasteiger partial charge in [0.1, 0.15) is 6.07 Å². The highest BCUT2D eigenvalue weighted by Gasteiger charge is 2.19. The third kappa shape index (κ3) is 5.43. The van der Waals surface area contributed by atoms with Gasteiger partial charge in [-0.05, 0) is 41.8 Å². The van der Waals surface area contributed by atoms with E-state index in [-0.39, 0.29) is 6.04 Å². The molecular weight excluding hydrogens is 482 g/mol. The highest BCUT2D eigenvalue weighted by atomic mass is 35.5. The number of nitrogens with zero attached hydrogens (tertiary/aromatic N) is 3. The normalized spacial score (nSPS) is 12.8. The predicted octanol–water partition coefficient (Wildman–Crippen LogP) is 6.11. The van der Waals surface area contributed by atoms with E-state index in [4.69, 9.17) is 23.1 Å². The Balaban J connectivity index is 1.82. The molecule has 184 valence electrons. The minimum atomic E-state index is -0.511. The van der Waals surface area contributed by atoms with E-state index in [1.807, 2.05) is 30.3 Å². The van der Waals surface area contributed by atoms with Gasteiger partial charge in [-0.3, -0.25) is 4.98 Å². The molecule has 6 N–H and O–H groups in total. The smallest absolute Gasteiger partial charge is 0.103 e. The molecule has 3 aromatic carbocycles. The molecule has 7 nitrogen and oxygen atoms in total. The van der Waals surface area contributed by atoms with E-state index in [9.17, 15) is 10.5 Å². The number of hydrogen-bond donors (Lipinski definition) is 4. The number of nitriles is 2. The Morgan fingerprint density at radius 1 is 1.03 bits per heavy atom. The van der Waals surface area contributed by atoms with Crippen LogP contribution in [-0.2, 0) is 0 Å². The van der Waals surface area contributed by atoms with Crippen LogP contribution in [0, 0.1) is 22.7 Å². The minimum absolute atomic E-state index is 0.0217. The Kier molecular flexibility index (Phi) is 7.78. The Morgan fingerprint density at radius 2 is 1.78 bits per heavy atom. The third-order valence-corrected chi connectivity index (χ3v) is 6.45. The van der Waals surface area contributed by atoms with Crippen molar-refractivity contribution >= 4 is 33.9 Å². The maximum atomic E-state index is 9.88.